The van der Waals surface area contributed by atoms with Crippen LogP contribution in [-0.4, -0.2) is 23.2 Å². The summed E-state index contributed by atoms with van der Waals surface area (Å²) < 4.78 is 10.3. The fourth-order valence-corrected chi connectivity index (χ4v) is 2.32. The van der Waals surface area contributed by atoms with E-state index in [1.165, 1.54) is 0 Å². The van der Waals surface area contributed by atoms with Crippen LogP contribution in [0.4, 0.5) is 5.69 Å². The number of aromatic nitrogens is 2. The van der Waals surface area contributed by atoms with E-state index in [0.29, 0.717) is 28.8 Å². The first-order valence-corrected chi connectivity index (χ1v) is 8.04. The number of nitrogens with one attached hydrogen (secondary N) is 1. The minimum absolute atomic E-state index is 0.133. The summed E-state index contributed by atoms with van der Waals surface area (Å²) in [5, 5.41) is 7.35. The van der Waals surface area contributed by atoms with Crippen LogP contribution in [0.5, 0.6) is 5.75 Å². The van der Waals surface area contributed by atoms with E-state index >= 15 is 0 Å². The van der Waals surface area contributed by atoms with Crippen LogP contribution in [0.1, 0.15) is 12.3 Å². The Morgan fingerprint density at radius 1 is 1.16 bits per heavy atom. The molecule has 6 nitrogen and oxygen atoms in total. The van der Waals surface area contributed by atoms with Gasteiger partial charge in [0.2, 0.25) is 17.6 Å². The lowest BCUT2D eigenvalue weighted by Crippen LogP contribution is -2.12. The van der Waals surface area contributed by atoms with Gasteiger partial charge in [-0.25, -0.2) is 0 Å². The molecule has 128 valence electrons. The highest BCUT2D eigenvalue weighted by Crippen LogP contribution is 2.20. The van der Waals surface area contributed by atoms with Crippen molar-refractivity contribution in [3.8, 4) is 17.1 Å². The molecule has 0 bridgehead atoms. The lowest BCUT2D eigenvalue weighted by Gasteiger charge is -2.03. The Labute approximate surface area is 149 Å². The molecular formula is C18H16ClN3O3. The summed E-state index contributed by atoms with van der Waals surface area (Å²) in [7, 11) is 1.61. The van der Waals surface area contributed by atoms with E-state index in [0.717, 1.165) is 11.3 Å². The zero-order valence-electron chi connectivity index (χ0n) is 13.5. The van der Waals surface area contributed by atoms with Gasteiger partial charge in [0, 0.05) is 29.1 Å². The van der Waals surface area contributed by atoms with E-state index in [4.69, 9.17) is 20.9 Å². The number of halogens is 1. The maximum atomic E-state index is 12.0. The number of benzene rings is 2. The monoisotopic (exact) mass is 357 g/mol. The topological polar surface area (TPSA) is 77.2 Å². The van der Waals surface area contributed by atoms with Gasteiger partial charge in [0.25, 0.3) is 0 Å². The molecule has 2 aromatic carbocycles. The molecule has 1 heterocycles. The smallest absolute Gasteiger partial charge is 0.227 e. The number of nitrogens with zero attached hydrogens (tertiary/aromatic N) is 2. The van der Waals surface area contributed by atoms with Crippen LogP contribution in [0.25, 0.3) is 11.4 Å². The quantitative estimate of drug-likeness (QED) is 0.722. The normalized spacial score (nSPS) is 10.5. The Morgan fingerprint density at radius 3 is 2.56 bits per heavy atom. The Hall–Kier alpha value is -2.86. The zero-order valence-corrected chi connectivity index (χ0v) is 14.3. The molecular weight excluding hydrogens is 342 g/mol. The van der Waals surface area contributed by atoms with Crippen molar-refractivity contribution in [3.05, 3.63) is 59.4 Å². The largest absolute Gasteiger partial charge is 0.497 e. The minimum atomic E-state index is -0.133. The lowest BCUT2D eigenvalue weighted by molar-refractivity contribution is -0.116. The van der Waals surface area contributed by atoms with Crippen molar-refractivity contribution in [1.29, 1.82) is 0 Å². The van der Waals surface area contributed by atoms with Gasteiger partial charge in [0.05, 0.1) is 7.11 Å². The molecule has 0 saturated heterocycles. The first-order chi connectivity index (χ1) is 12.1. The van der Waals surface area contributed by atoms with Gasteiger partial charge in [0.1, 0.15) is 5.75 Å². The number of hydrogen-bond donors (Lipinski definition) is 1. The SMILES string of the molecule is COc1ccc(-c2noc(CCC(=O)Nc3ccc(Cl)cc3)n2)cc1. The van der Waals surface area contributed by atoms with Crippen molar-refractivity contribution in [3.63, 3.8) is 0 Å². The molecule has 0 spiro atoms. The highest BCUT2D eigenvalue weighted by Gasteiger charge is 2.11. The molecule has 1 amide bonds. The van der Waals surface area contributed by atoms with Crippen molar-refractivity contribution in [1.82, 2.24) is 10.1 Å². The summed E-state index contributed by atoms with van der Waals surface area (Å²) in [6, 6.07) is 14.3. The van der Waals surface area contributed by atoms with E-state index in [1.807, 2.05) is 24.3 Å². The molecule has 0 saturated carbocycles. The average Bonchev–Trinajstić information content (AvgIpc) is 3.11. The van der Waals surface area contributed by atoms with Crippen molar-refractivity contribution in [2.24, 2.45) is 0 Å². The van der Waals surface area contributed by atoms with Crippen LogP contribution < -0.4 is 10.1 Å². The Morgan fingerprint density at radius 2 is 1.88 bits per heavy atom. The van der Waals surface area contributed by atoms with Gasteiger partial charge in [-0.05, 0) is 48.5 Å². The molecule has 0 aliphatic heterocycles. The highest BCUT2D eigenvalue weighted by molar-refractivity contribution is 6.30. The molecule has 3 rings (SSSR count). The van der Waals surface area contributed by atoms with Gasteiger partial charge < -0.3 is 14.6 Å². The second-order valence-corrected chi connectivity index (χ2v) is 5.73. The summed E-state index contributed by atoms with van der Waals surface area (Å²) in [5.74, 6) is 1.52. The summed E-state index contributed by atoms with van der Waals surface area (Å²) in [6.07, 6.45) is 0.607. The van der Waals surface area contributed by atoms with Gasteiger partial charge in [0.15, 0.2) is 0 Å². The predicted molar refractivity (Wildman–Crippen MR) is 94.7 cm³/mol. The zero-order chi connectivity index (χ0) is 17.6. The van der Waals surface area contributed by atoms with Gasteiger partial charge in [-0.3, -0.25) is 4.79 Å². The van der Waals surface area contributed by atoms with E-state index < -0.39 is 0 Å². The Bertz CT molecular complexity index is 845. The summed E-state index contributed by atoms with van der Waals surface area (Å²) >= 11 is 5.81. The number of carbonyl (C=O) groups is 1. The summed E-state index contributed by atoms with van der Waals surface area (Å²) in [5.41, 5.74) is 1.51. The molecule has 0 fully saturated rings. The highest BCUT2D eigenvalue weighted by atomic mass is 35.5. The Kier molecular flexibility index (Phi) is 5.30. The van der Waals surface area contributed by atoms with E-state index in [1.54, 1.807) is 31.4 Å². The standard InChI is InChI=1S/C18H16ClN3O3/c1-24-15-8-2-12(3-9-15)18-21-17(25-22-18)11-10-16(23)20-14-6-4-13(19)5-7-14/h2-9H,10-11H2,1H3,(H,20,23). The van der Waals surface area contributed by atoms with E-state index in [9.17, 15) is 4.79 Å². The van der Waals surface area contributed by atoms with Gasteiger partial charge in [-0.15, -0.1) is 0 Å². The number of amides is 1. The molecule has 0 atom stereocenters. The van der Waals surface area contributed by atoms with Gasteiger partial charge in [-0.1, -0.05) is 16.8 Å². The van der Waals surface area contributed by atoms with Crippen molar-refractivity contribution in [2.45, 2.75) is 12.8 Å². The predicted octanol–water partition coefficient (Wildman–Crippen LogP) is 3.97. The van der Waals surface area contributed by atoms with Crippen molar-refractivity contribution in [2.75, 3.05) is 12.4 Å². The summed E-state index contributed by atoms with van der Waals surface area (Å²) in [4.78, 5) is 16.3. The van der Waals surface area contributed by atoms with Crippen LogP contribution in [0.2, 0.25) is 5.02 Å². The van der Waals surface area contributed by atoms with Crippen LogP contribution in [-0.2, 0) is 11.2 Å². The Balaban J connectivity index is 1.55. The number of methoxy groups -OCH3 is 1. The molecule has 3 aromatic rings. The average molecular weight is 358 g/mol. The summed E-state index contributed by atoms with van der Waals surface area (Å²) in [6.45, 7) is 0. The second kappa shape index (κ2) is 7.81. The van der Waals surface area contributed by atoms with Crippen LogP contribution in [0, 0.1) is 0 Å². The minimum Gasteiger partial charge on any atom is -0.497 e. The third-order valence-electron chi connectivity index (χ3n) is 3.51. The number of ether oxygens (including phenoxy) is 1. The molecule has 0 aliphatic carbocycles. The molecule has 0 unspecified atom stereocenters. The number of rotatable bonds is 6. The van der Waals surface area contributed by atoms with E-state index in [2.05, 4.69) is 15.5 Å². The molecule has 25 heavy (non-hydrogen) atoms. The first-order valence-electron chi connectivity index (χ1n) is 7.66. The fraction of sp³-hybridized carbons (Fsp3) is 0.167. The molecule has 0 aliphatic rings. The number of aryl methyl sites for hydroxylation is 1. The van der Waals surface area contributed by atoms with Crippen LogP contribution in [0.15, 0.2) is 53.1 Å². The number of hydrogen-bond acceptors (Lipinski definition) is 5. The molecule has 0 radical (unpaired) electrons. The molecule has 1 N–H and O–H groups in total. The maximum Gasteiger partial charge on any atom is 0.227 e. The third-order valence-corrected chi connectivity index (χ3v) is 3.76. The van der Waals surface area contributed by atoms with Gasteiger partial charge >= 0.3 is 0 Å². The van der Waals surface area contributed by atoms with Gasteiger partial charge in [-0.2, -0.15) is 4.98 Å². The van der Waals surface area contributed by atoms with Crippen LogP contribution >= 0.6 is 11.6 Å². The van der Waals surface area contributed by atoms with E-state index in [-0.39, 0.29) is 12.3 Å². The lowest BCUT2D eigenvalue weighted by atomic mass is 10.2. The number of carbonyl (C=O) groups excluding carboxylic acids is 1. The van der Waals surface area contributed by atoms with Crippen molar-refractivity contribution >= 4 is 23.2 Å². The fourth-order valence-electron chi connectivity index (χ4n) is 2.19. The van der Waals surface area contributed by atoms with Crippen molar-refractivity contribution < 1.29 is 14.1 Å². The maximum absolute atomic E-state index is 12.0. The first kappa shape index (κ1) is 17.0. The van der Waals surface area contributed by atoms with Crippen LogP contribution in [0.3, 0.4) is 0 Å². The molecule has 7 heteroatoms. The molecule has 1 aromatic heterocycles. The third kappa shape index (κ3) is 4.58. The number of anilines is 1. The second-order valence-electron chi connectivity index (χ2n) is 5.30.